The third-order valence-electron chi connectivity index (χ3n) is 3.92. The summed E-state index contributed by atoms with van der Waals surface area (Å²) in [6.45, 7) is 1.98. The zero-order chi connectivity index (χ0) is 12.0. The Bertz CT molecular complexity index is 195. The van der Waals surface area contributed by atoms with Crippen LogP contribution in [-0.2, 0) is 4.74 Å². The number of methoxy groups -OCH3 is 1. The van der Waals surface area contributed by atoms with E-state index in [1.54, 1.807) is 7.11 Å². The van der Waals surface area contributed by atoms with Crippen molar-refractivity contribution in [3.63, 3.8) is 0 Å². The number of hydrogen-bond donors (Lipinski definition) is 2. The molecule has 0 aromatic heterocycles. The molecule has 0 aromatic rings. The summed E-state index contributed by atoms with van der Waals surface area (Å²) in [4.78, 5) is 2.35. The molecule has 2 N–H and O–H groups in total. The number of hydrogen-bond acceptors (Lipinski definition) is 4. The molecule has 2 atom stereocenters. The van der Waals surface area contributed by atoms with E-state index in [1.165, 1.54) is 12.8 Å². The number of aliphatic hydroxyl groups is 1. The van der Waals surface area contributed by atoms with Crippen LogP contribution < -0.4 is 5.32 Å². The molecule has 0 bridgehead atoms. The van der Waals surface area contributed by atoms with Gasteiger partial charge in [0, 0.05) is 25.2 Å². The fraction of sp³-hybridized carbons (Fsp3) is 1.00. The van der Waals surface area contributed by atoms with E-state index in [1.807, 2.05) is 7.05 Å². The third kappa shape index (κ3) is 3.42. The summed E-state index contributed by atoms with van der Waals surface area (Å²) in [6.07, 6.45) is 4.52. The molecule has 96 valence electrons. The van der Waals surface area contributed by atoms with Gasteiger partial charge in [-0.3, -0.25) is 0 Å². The molecule has 0 saturated heterocycles. The standard InChI is InChI=1S/C12H26N2O2/c1-13-12(10-15)6-4-5-11(9-12)14(2)7-8-16-3/h11,13,15H,4-10H2,1-3H3. The van der Waals surface area contributed by atoms with Crippen molar-refractivity contribution < 1.29 is 9.84 Å². The molecule has 0 heterocycles. The average molecular weight is 230 g/mol. The Balaban J connectivity index is 2.48. The van der Waals surface area contributed by atoms with Crippen LogP contribution in [0.25, 0.3) is 0 Å². The van der Waals surface area contributed by atoms with E-state index in [0.29, 0.717) is 6.04 Å². The van der Waals surface area contributed by atoms with Crippen LogP contribution in [0, 0.1) is 0 Å². The Kier molecular flexibility index (Phi) is 5.69. The van der Waals surface area contributed by atoms with Gasteiger partial charge in [-0.2, -0.15) is 0 Å². The number of rotatable bonds is 6. The van der Waals surface area contributed by atoms with Gasteiger partial charge in [0.2, 0.25) is 0 Å². The molecule has 1 aliphatic rings. The van der Waals surface area contributed by atoms with Crippen molar-refractivity contribution in [1.82, 2.24) is 10.2 Å². The highest BCUT2D eigenvalue weighted by molar-refractivity contribution is 4.95. The molecule has 0 amide bonds. The van der Waals surface area contributed by atoms with Crippen LogP contribution in [0.15, 0.2) is 0 Å². The van der Waals surface area contributed by atoms with E-state index in [-0.39, 0.29) is 12.1 Å². The molecule has 0 aromatic carbocycles. The highest BCUT2D eigenvalue weighted by Gasteiger charge is 2.35. The lowest BCUT2D eigenvalue weighted by atomic mass is 9.79. The first-order valence-electron chi connectivity index (χ1n) is 6.16. The minimum atomic E-state index is -0.0652. The average Bonchev–Trinajstić information content (AvgIpc) is 2.35. The van der Waals surface area contributed by atoms with Gasteiger partial charge in [-0.25, -0.2) is 0 Å². The summed E-state index contributed by atoms with van der Waals surface area (Å²) in [5.41, 5.74) is -0.0652. The fourth-order valence-electron chi connectivity index (χ4n) is 2.58. The highest BCUT2D eigenvalue weighted by Crippen LogP contribution is 2.30. The first-order valence-corrected chi connectivity index (χ1v) is 6.16. The molecule has 0 spiro atoms. The van der Waals surface area contributed by atoms with Gasteiger partial charge in [0.05, 0.1) is 13.2 Å². The molecule has 1 fully saturated rings. The summed E-state index contributed by atoms with van der Waals surface area (Å²) >= 11 is 0. The van der Waals surface area contributed by atoms with Gasteiger partial charge in [-0.05, 0) is 39.8 Å². The maximum atomic E-state index is 9.51. The van der Waals surface area contributed by atoms with E-state index >= 15 is 0 Å². The number of ether oxygens (including phenoxy) is 1. The first-order chi connectivity index (χ1) is 7.67. The minimum Gasteiger partial charge on any atom is -0.394 e. The molecule has 4 nitrogen and oxygen atoms in total. The summed E-state index contributed by atoms with van der Waals surface area (Å²) < 4.78 is 5.10. The van der Waals surface area contributed by atoms with Gasteiger partial charge in [0.25, 0.3) is 0 Å². The smallest absolute Gasteiger partial charge is 0.0613 e. The third-order valence-corrected chi connectivity index (χ3v) is 3.92. The highest BCUT2D eigenvalue weighted by atomic mass is 16.5. The van der Waals surface area contributed by atoms with E-state index in [4.69, 9.17) is 4.74 Å². The number of aliphatic hydroxyl groups excluding tert-OH is 1. The molecular weight excluding hydrogens is 204 g/mol. The number of nitrogens with one attached hydrogen (secondary N) is 1. The lowest BCUT2D eigenvalue weighted by molar-refractivity contribution is 0.0620. The van der Waals surface area contributed by atoms with Crippen LogP contribution in [0.1, 0.15) is 25.7 Å². The van der Waals surface area contributed by atoms with Crippen molar-refractivity contribution in [1.29, 1.82) is 0 Å². The van der Waals surface area contributed by atoms with Crippen molar-refractivity contribution in [3.8, 4) is 0 Å². The molecule has 0 aliphatic heterocycles. The van der Waals surface area contributed by atoms with Gasteiger partial charge >= 0.3 is 0 Å². The predicted octanol–water partition coefficient (Wildman–Crippen LogP) is 0.458. The largest absolute Gasteiger partial charge is 0.394 e. The Morgan fingerprint density at radius 2 is 2.31 bits per heavy atom. The quantitative estimate of drug-likeness (QED) is 0.696. The Hall–Kier alpha value is -0.160. The topological polar surface area (TPSA) is 44.7 Å². The van der Waals surface area contributed by atoms with Crippen molar-refractivity contribution >= 4 is 0 Å². The molecule has 1 saturated carbocycles. The van der Waals surface area contributed by atoms with E-state index in [2.05, 4.69) is 17.3 Å². The van der Waals surface area contributed by atoms with Crippen molar-refractivity contribution in [2.45, 2.75) is 37.3 Å². The first kappa shape index (κ1) is 13.9. The predicted molar refractivity (Wildman–Crippen MR) is 65.6 cm³/mol. The number of nitrogens with zero attached hydrogens (tertiary/aromatic N) is 1. The lowest BCUT2D eigenvalue weighted by Crippen LogP contribution is -2.54. The second-order valence-corrected chi connectivity index (χ2v) is 4.91. The molecule has 1 aliphatic carbocycles. The van der Waals surface area contributed by atoms with Crippen LogP contribution in [0.5, 0.6) is 0 Å². The maximum absolute atomic E-state index is 9.51. The molecule has 0 radical (unpaired) electrons. The van der Waals surface area contributed by atoms with Gasteiger partial charge in [-0.15, -0.1) is 0 Å². The van der Waals surface area contributed by atoms with Crippen molar-refractivity contribution in [2.24, 2.45) is 0 Å². The Morgan fingerprint density at radius 3 is 2.88 bits per heavy atom. The second kappa shape index (κ2) is 6.55. The van der Waals surface area contributed by atoms with Crippen molar-refractivity contribution in [3.05, 3.63) is 0 Å². The lowest BCUT2D eigenvalue weighted by Gasteiger charge is -2.42. The number of likely N-dealkylation sites (N-methyl/N-ethyl adjacent to an activating group) is 2. The monoisotopic (exact) mass is 230 g/mol. The van der Waals surface area contributed by atoms with Crippen LogP contribution in [0.4, 0.5) is 0 Å². The van der Waals surface area contributed by atoms with Crippen LogP contribution in [-0.4, -0.2) is 62.6 Å². The molecule has 4 heteroatoms. The molecule has 2 unspecified atom stereocenters. The Morgan fingerprint density at radius 1 is 1.56 bits per heavy atom. The van der Waals surface area contributed by atoms with Crippen LogP contribution in [0.3, 0.4) is 0 Å². The normalized spacial score (nSPS) is 30.9. The van der Waals surface area contributed by atoms with Gasteiger partial charge in [-0.1, -0.05) is 0 Å². The second-order valence-electron chi connectivity index (χ2n) is 4.91. The van der Waals surface area contributed by atoms with Crippen LogP contribution in [0.2, 0.25) is 0 Å². The fourth-order valence-corrected chi connectivity index (χ4v) is 2.58. The Labute approximate surface area is 99.0 Å². The zero-order valence-corrected chi connectivity index (χ0v) is 10.8. The van der Waals surface area contributed by atoms with Gasteiger partial charge in [0.1, 0.15) is 0 Å². The van der Waals surface area contributed by atoms with Gasteiger partial charge in [0.15, 0.2) is 0 Å². The van der Waals surface area contributed by atoms with E-state index < -0.39 is 0 Å². The summed E-state index contributed by atoms with van der Waals surface area (Å²) in [5, 5.41) is 12.8. The van der Waals surface area contributed by atoms with E-state index in [0.717, 1.165) is 26.0 Å². The van der Waals surface area contributed by atoms with Crippen LogP contribution >= 0.6 is 0 Å². The minimum absolute atomic E-state index is 0.0652. The molecule has 1 rings (SSSR count). The van der Waals surface area contributed by atoms with E-state index in [9.17, 15) is 5.11 Å². The van der Waals surface area contributed by atoms with Crippen molar-refractivity contribution in [2.75, 3.05) is 41.0 Å². The summed E-state index contributed by atoms with van der Waals surface area (Å²) in [6, 6.07) is 0.559. The summed E-state index contributed by atoms with van der Waals surface area (Å²) in [5.74, 6) is 0. The SMILES string of the molecule is CNC1(CO)CCCC(N(C)CCOC)C1. The zero-order valence-electron chi connectivity index (χ0n) is 10.8. The molecular formula is C12H26N2O2. The molecule has 16 heavy (non-hydrogen) atoms. The summed E-state index contributed by atoms with van der Waals surface area (Å²) in [7, 11) is 5.83. The maximum Gasteiger partial charge on any atom is 0.0613 e. The van der Waals surface area contributed by atoms with Gasteiger partial charge < -0.3 is 20.1 Å².